The third-order valence-electron chi connectivity index (χ3n) is 2.77. The number of rotatable bonds is 2. The third kappa shape index (κ3) is 2.35. The van der Waals surface area contributed by atoms with Gasteiger partial charge in [-0.3, -0.25) is 0 Å². The summed E-state index contributed by atoms with van der Waals surface area (Å²) in [7, 11) is 0. The van der Waals surface area contributed by atoms with Crippen LogP contribution >= 0.6 is 23.2 Å². The van der Waals surface area contributed by atoms with Gasteiger partial charge >= 0.3 is 0 Å². The Kier molecular flexibility index (Phi) is 3.01. The summed E-state index contributed by atoms with van der Waals surface area (Å²) < 4.78 is 5.74. The summed E-state index contributed by atoms with van der Waals surface area (Å²) in [5, 5.41) is 1.83. The molecular formula is C14H10Cl2N2O. The highest BCUT2D eigenvalue weighted by atomic mass is 35.5. The fourth-order valence-corrected chi connectivity index (χ4v) is 2.47. The minimum atomic E-state index is 0.388. The quantitative estimate of drug-likeness (QED) is 0.664. The lowest BCUT2D eigenvalue weighted by molar-refractivity contribution is 0.484. The number of nitrogens with two attached hydrogens (primary N) is 1. The molecule has 3 rings (SSSR count). The predicted molar refractivity (Wildman–Crippen MR) is 79.2 cm³/mol. The molecule has 0 aliphatic heterocycles. The number of halogens is 2. The maximum atomic E-state index is 6.09. The topological polar surface area (TPSA) is 51.0 Å². The van der Waals surface area contributed by atoms with Crippen LogP contribution in [0.5, 0.6) is 11.5 Å². The number of ether oxygens (including phenoxy) is 1. The lowest BCUT2D eigenvalue weighted by Crippen LogP contribution is -1.90. The molecule has 1 aromatic heterocycles. The Morgan fingerprint density at radius 3 is 2.47 bits per heavy atom. The van der Waals surface area contributed by atoms with E-state index in [1.165, 1.54) is 0 Å². The first kappa shape index (κ1) is 12.2. The number of H-pyrrole nitrogens is 1. The lowest BCUT2D eigenvalue weighted by atomic mass is 10.2. The Balaban J connectivity index is 2.00. The van der Waals surface area contributed by atoms with Crippen LogP contribution in [0.4, 0.5) is 5.69 Å². The van der Waals surface area contributed by atoms with Gasteiger partial charge in [0, 0.05) is 22.8 Å². The molecular weight excluding hydrogens is 283 g/mol. The highest BCUT2D eigenvalue weighted by molar-refractivity contribution is 6.37. The van der Waals surface area contributed by atoms with E-state index in [1.807, 2.05) is 30.5 Å². The van der Waals surface area contributed by atoms with Gasteiger partial charge in [-0.15, -0.1) is 0 Å². The number of benzene rings is 2. The first-order valence-electron chi connectivity index (χ1n) is 5.63. The number of nitrogens with one attached hydrogen (secondary N) is 1. The molecule has 0 aliphatic carbocycles. The van der Waals surface area contributed by atoms with Gasteiger partial charge in [-0.05, 0) is 36.4 Å². The summed E-state index contributed by atoms with van der Waals surface area (Å²) in [6, 6.07) is 10.9. The molecule has 3 N–H and O–H groups in total. The van der Waals surface area contributed by atoms with Gasteiger partial charge in [-0.25, -0.2) is 0 Å². The average Bonchev–Trinajstić information content (AvgIpc) is 2.81. The molecule has 0 radical (unpaired) electrons. The molecule has 1 heterocycles. The van der Waals surface area contributed by atoms with Crippen molar-refractivity contribution in [3.05, 3.63) is 52.6 Å². The normalized spacial score (nSPS) is 10.8. The molecule has 0 saturated heterocycles. The van der Waals surface area contributed by atoms with Crippen molar-refractivity contribution in [2.24, 2.45) is 0 Å². The van der Waals surface area contributed by atoms with E-state index in [9.17, 15) is 0 Å². The van der Waals surface area contributed by atoms with Gasteiger partial charge in [0.25, 0.3) is 0 Å². The Hall–Kier alpha value is -1.84. The molecule has 0 spiro atoms. The zero-order chi connectivity index (χ0) is 13.4. The minimum absolute atomic E-state index is 0.388. The van der Waals surface area contributed by atoms with Crippen molar-refractivity contribution >= 4 is 39.8 Å². The second-order valence-electron chi connectivity index (χ2n) is 4.14. The summed E-state index contributed by atoms with van der Waals surface area (Å²) in [6.45, 7) is 0. The molecule has 0 atom stereocenters. The van der Waals surface area contributed by atoms with E-state index >= 15 is 0 Å². The monoisotopic (exact) mass is 292 g/mol. The minimum Gasteiger partial charge on any atom is -0.454 e. The molecule has 0 unspecified atom stereocenters. The predicted octanol–water partition coefficient (Wildman–Crippen LogP) is 4.85. The highest BCUT2D eigenvalue weighted by Crippen LogP contribution is 2.38. The summed E-state index contributed by atoms with van der Waals surface area (Å²) in [5.74, 6) is 1.08. The molecule has 19 heavy (non-hydrogen) atoms. The van der Waals surface area contributed by atoms with Gasteiger partial charge in [-0.1, -0.05) is 23.2 Å². The molecule has 3 aromatic rings. The van der Waals surface area contributed by atoms with E-state index in [0.717, 1.165) is 10.9 Å². The Morgan fingerprint density at radius 2 is 1.74 bits per heavy atom. The fraction of sp³-hybridized carbons (Fsp3) is 0. The Morgan fingerprint density at radius 1 is 1.00 bits per heavy atom. The zero-order valence-corrected chi connectivity index (χ0v) is 11.3. The summed E-state index contributed by atoms with van der Waals surface area (Å²) in [6.07, 6.45) is 1.87. The van der Waals surface area contributed by atoms with E-state index < -0.39 is 0 Å². The van der Waals surface area contributed by atoms with Gasteiger partial charge in [0.15, 0.2) is 5.75 Å². The molecule has 0 bridgehead atoms. The number of hydrogen-bond acceptors (Lipinski definition) is 2. The number of fused-ring (bicyclic) bond motifs is 1. The van der Waals surface area contributed by atoms with Crippen LogP contribution in [-0.4, -0.2) is 4.98 Å². The molecule has 0 saturated carbocycles. The molecule has 0 aliphatic rings. The maximum Gasteiger partial charge on any atom is 0.164 e. The van der Waals surface area contributed by atoms with Crippen LogP contribution < -0.4 is 10.5 Å². The van der Waals surface area contributed by atoms with E-state index in [0.29, 0.717) is 27.2 Å². The number of aromatic nitrogens is 1. The molecule has 5 heteroatoms. The van der Waals surface area contributed by atoms with E-state index in [-0.39, 0.29) is 0 Å². The third-order valence-corrected chi connectivity index (χ3v) is 3.33. The highest BCUT2D eigenvalue weighted by Gasteiger charge is 2.10. The average molecular weight is 293 g/mol. The van der Waals surface area contributed by atoms with Crippen molar-refractivity contribution in [2.75, 3.05) is 5.73 Å². The summed E-state index contributed by atoms with van der Waals surface area (Å²) >= 11 is 12.2. The number of aromatic amines is 1. The molecule has 0 amide bonds. The summed E-state index contributed by atoms with van der Waals surface area (Å²) in [4.78, 5) is 3.12. The smallest absolute Gasteiger partial charge is 0.164 e. The van der Waals surface area contributed by atoms with Crippen molar-refractivity contribution < 1.29 is 4.74 Å². The van der Waals surface area contributed by atoms with Crippen molar-refractivity contribution in [3.63, 3.8) is 0 Å². The van der Waals surface area contributed by atoms with Crippen LogP contribution in [0, 0.1) is 0 Å². The van der Waals surface area contributed by atoms with Crippen LogP contribution in [-0.2, 0) is 0 Å². The largest absolute Gasteiger partial charge is 0.454 e. The van der Waals surface area contributed by atoms with Crippen molar-refractivity contribution in [3.8, 4) is 11.5 Å². The van der Waals surface area contributed by atoms with Gasteiger partial charge < -0.3 is 15.5 Å². The van der Waals surface area contributed by atoms with Crippen LogP contribution in [0.25, 0.3) is 10.9 Å². The van der Waals surface area contributed by atoms with Crippen LogP contribution in [0.3, 0.4) is 0 Å². The van der Waals surface area contributed by atoms with Crippen LogP contribution in [0.15, 0.2) is 42.6 Å². The molecule has 3 nitrogen and oxygen atoms in total. The Bertz CT molecular complexity index is 729. The zero-order valence-electron chi connectivity index (χ0n) is 9.78. The van der Waals surface area contributed by atoms with Crippen LogP contribution in [0.1, 0.15) is 0 Å². The molecule has 96 valence electrons. The van der Waals surface area contributed by atoms with Crippen molar-refractivity contribution in [1.82, 2.24) is 4.98 Å². The number of hydrogen-bond donors (Lipinski definition) is 2. The number of nitrogen functional groups attached to an aromatic ring is 1. The first-order valence-corrected chi connectivity index (χ1v) is 6.38. The lowest BCUT2D eigenvalue weighted by Gasteiger charge is -2.10. The van der Waals surface area contributed by atoms with Crippen molar-refractivity contribution in [1.29, 1.82) is 0 Å². The van der Waals surface area contributed by atoms with E-state index in [4.69, 9.17) is 33.7 Å². The first-order chi connectivity index (χ1) is 9.13. The van der Waals surface area contributed by atoms with E-state index in [2.05, 4.69) is 4.98 Å². The standard InChI is InChI=1S/C14H10Cl2N2O/c15-11-6-9(17)7-12(16)14(11)19-10-1-2-13-8(5-10)3-4-18-13/h1-7,18H,17H2. The van der Waals surface area contributed by atoms with E-state index in [1.54, 1.807) is 12.1 Å². The van der Waals surface area contributed by atoms with Gasteiger partial charge in [0.1, 0.15) is 5.75 Å². The maximum absolute atomic E-state index is 6.09. The SMILES string of the molecule is Nc1cc(Cl)c(Oc2ccc3[nH]ccc3c2)c(Cl)c1. The Labute approximate surface area is 119 Å². The van der Waals surface area contributed by atoms with Gasteiger partial charge in [-0.2, -0.15) is 0 Å². The van der Waals surface area contributed by atoms with Gasteiger partial charge in [0.05, 0.1) is 10.0 Å². The molecule has 0 fully saturated rings. The van der Waals surface area contributed by atoms with Crippen molar-refractivity contribution in [2.45, 2.75) is 0 Å². The van der Waals surface area contributed by atoms with Gasteiger partial charge in [0.2, 0.25) is 0 Å². The number of anilines is 1. The second kappa shape index (κ2) is 4.68. The summed E-state index contributed by atoms with van der Waals surface area (Å²) in [5.41, 5.74) is 7.20. The fourth-order valence-electron chi connectivity index (χ4n) is 1.89. The molecule has 2 aromatic carbocycles. The second-order valence-corrected chi connectivity index (χ2v) is 4.96. The van der Waals surface area contributed by atoms with Crippen LogP contribution in [0.2, 0.25) is 10.0 Å².